The quantitative estimate of drug-likeness (QED) is 0.529. The van der Waals surface area contributed by atoms with E-state index in [1.54, 1.807) is 53.4 Å². The topological polar surface area (TPSA) is 69.7 Å². The first-order chi connectivity index (χ1) is 15.9. The summed E-state index contributed by atoms with van der Waals surface area (Å²) in [6, 6.07) is 22.1. The molecule has 3 amide bonds. The van der Waals surface area contributed by atoms with E-state index in [0.717, 1.165) is 24.2 Å². The van der Waals surface area contributed by atoms with Gasteiger partial charge in [0.1, 0.15) is 0 Å². The van der Waals surface area contributed by atoms with Gasteiger partial charge in [0.15, 0.2) is 5.78 Å². The summed E-state index contributed by atoms with van der Waals surface area (Å²) in [5, 5.41) is 2.81. The molecule has 3 aromatic rings. The molecule has 0 unspecified atom stereocenters. The van der Waals surface area contributed by atoms with E-state index in [2.05, 4.69) is 11.4 Å². The van der Waals surface area contributed by atoms with E-state index in [9.17, 15) is 14.4 Å². The molecule has 0 aromatic heterocycles. The third kappa shape index (κ3) is 5.12. The van der Waals surface area contributed by atoms with Gasteiger partial charge in [-0.15, -0.1) is 0 Å². The van der Waals surface area contributed by atoms with Crippen LogP contribution in [0.2, 0.25) is 0 Å². The van der Waals surface area contributed by atoms with E-state index >= 15 is 0 Å². The Bertz CT molecular complexity index is 1190. The monoisotopic (exact) mass is 441 g/mol. The molecular formula is C27H27N3O3. The van der Waals surface area contributed by atoms with Crippen molar-refractivity contribution in [3.8, 4) is 0 Å². The number of hydrogen-bond acceptors (Lipinski definition) is 3. The number of rotatable bonds is 6. The number of carbonyl (C=O) groups is 3. The highest BCUT2D eigenvalue weighted by molar-refractivity contribution is 6.09. The van der Waals surface area contributed by atoms with Gasteiger partial charge in [0.05, 0.1) is 5.69 Å². The second kappa shape index (κ2) is 9.69. The summed E-state index contributed by atoms with van der Waals surface area (Å²) in [5.74, 6) is -0.415. The third-order valence-electron chi connectivity index (χ3n) is 5.76. The SMILES string of the molecule is CC(=O)c1ccccc1NC(=O)c1ccc(N2CCCN(Cc3cccc(C)c3)C2=O)cc1. The number of carbonyl (C=O) groups excluding carboxylic acids is 3. The van der Waals surface area contributed by atoms with Gasteiger partial charge < -0.3 is 10.2 Å². The standard InChI is InChI=1S/C27H27N3O3/c1-19-7-5-8-21(17-19)18-29-15-6-16-30(27(29)33)23-13-11-22(12-14-23)26(32)28-25-10-4-3-9-24(25)20(2)31/h3-5,7-14,17H,6,15-16,18H2,1-2H3,(H,28,32). The Morgan fingerprint density at radius 1 is 0.939 bits per heavy atom. The van der Waals surface area contributed by atoms with Crippen molar-refractivity contribution in [2.45, 2.75) is 26.8 Å². The van der Waals surface area contributed by atoms with Crippen LogP contribution < -0.4 is 10.2 Å². The molecule has 3 aromatic carbocycles. The Morgan fingerprint density at radius 3 is 2.42 bits per heavy atom. The van der Waals surface area contributed by atoms with Gasteiger partial charge in [-0.3, -0.25) is 14.5 Å². The Balaban J connectivity index is 1.45. The number of nitrogens with one attached hydrogen (secondary N) is 1. The highest BCUT2D eigenvalue weighted by Crippen LogP contribution is 2.23. The second-order valence-corrected chi connectivity index (χ2v) is 8.30. The minimum absolute atomic E-state index is 0.0321. The van der Waals surface area contributed by atoms with Gasteiger partial charge in [-0.2, -0.15) is 0 Å². The first-order valence-electron chi connectivity index (χ1n) is 11.1. The van der Waals surface area contributed by atoms with Gasteiger partial charge in [0.25, 0.3) is 5.91 Å². The molecule has 1 aliphatic heterocycles. The summed E-state index contributed by atoms with van der Waals surface area (Å²) >= 11 is 0. The molecule has 6 nitrogen and oxygen atoms in total. The second-order valence-electron chi connectivity index (χ2n) is 8.30. The average molecular weight is 442 g/mol. The molecule has 33 heavy (non-hydrogen) atoms. The van der Waals surface area contributed by atoms with Crippen molar-refractivity contribution >= 4 is 29.1 Å². The molecule has 0 saturated carbocycles. The molecular weight excluding hydrogens is 414 g/mol. The molecule has 0 aliphatic carbocycles. The number of benzene rings is 3. The van der Waals surface area contributed by atoms with Crippen LogP contribution in [0.1, 0.15) is 45.2 Å². The van der Waals surface area contributed by atoms with Gasteiger partial charge in [-0.1, -0.05) is 42.0 Å². The van der Waals surface area contributed by atoms with Gasteiger partial charge in [-0.05, 0) is 62.2 Å². The molecule has 0 bridgehead atoms. The lowest BCUT2D eigenvalue weighted by atomic mass is 10.1. The average Bonchev–Trinajstić information content (AvgIpc) is 2.81. The zero-order chi connectivity index (χ0) is 23.4. The Hall–Kier alpha value is -3.93. The fourth-order valence-electron chi connectivity index (χ4n) is 4.09. The van der Waals surface area contributed by atoms with Crippen molar-refractivity contribution < 1.29 is 14.4 Å². The molecule has 0 radical (unpaired) electrons. The molecule has 0 atom stereocenters. The van der Waals surface area contributed by atoms with E-state index in [-0.39, 0.29) is 17.7 Å². The molecule has 1 heterocycles. The summed E-state index contributed by atoms with van der Waals surface area (Å²) < 4.78 is 0. The van der Waals surface area contributed by atoms with E-state index in [4.69, 9.17) is 0 Å². The van der Waals surface area contributed by atoms with Gasteiger partial charge >= 0.3 is 6.03 Å². The molecule has 1 fully saturated rings. The Kier molecular flexibility index (Phi) is 6.54. The van der Waals surface area contributed by atoms with Crippen molar-refractivity contribution in [1.29, 1.82) is 0 Å². The number of hydrogen-bond donors (Lipinski definition) is 1. The minimum Gasteiger partial charge on any atom is -0.321 e. The van der Waals surface area contributed by atoms with Gasteiger partial charge in [0.2, 0.25) is 0 Å². The Labute approximate surface area is 193 Å². The summed E-state index contributed by atoms with van der Waals surface area (Å²) in [6.07, 6.45) is 0.877. The minimum atomic E-state index is -0.304. The van der Waals surface area contributed by atoms with Crippen molar-refractivity contribution in [3.05, 3.63) is 95.1 Å². The number of Topliss-reactive ketones (excluding diaryl/α,β-unsaturated/α-hetero) is 1. The van der Waals surface area contributed by atoms with Crippen LogP contribution in [-0.2, 0) is 6.54 Å². The number of anilines is 2. The van der Waals surface area contributed by atoms with E-state index < -0.39 is 0 Å². The first-order valence-corrected chi connectivity index (χ1v) is 11.1. The summed E-state index contributed by atoms with van der Waals surface area (Å²) in [4.78, 5) is 41.2. The highest BCUT2D eigenvalue weighted by atomic mass is 16.2. The predicted molar refractivity (Wildman–Crippen MR) is 130 cm³/mol. The molecule has 1 saturated heterocycles. The number of ketones is 1. The maximum Gasteiger partial charge on any atom is 0.324 e. The van der Waals surface area contributed by atoms with Crippen molar-refractivity contribution in [1.82, 2.24) is 4.90 Å². The highest BCUT2D eigenvalue weighted by Gasteiger charge is 2.27. The summed E-state index contributed by atoms with van der Waals surface area (Å²) in [5.41, 5.74) is 4.46. The van der Waals surface area contributed by atoms with Crippen molar-refractivity contribution in [2.24, 2.45) is 0 Å². The molecule has 168 valence electrons. The van der Waals surface area contributed by atoms with Crippen LogP contribution in [0.3, 0.4) is 0 Å². The van der Waals surface area contributed by atoms with Crippen LogP contribution in [0.25, 0.3) is 0 Å². The van der Waals surface area contributed by atoms with Crippen LogP contribution in [0.5, 0.6) is 0 Å². The lowest BCUT2D eigenvalue weighted by molar-refractivity contribution is 0.101. The molecule has 6 heteroatoms. The fraction of sp³-hybridized carbons (Fsp3) is 0.222. The number of para-hydroxylation sites is 1. The lowest BCUT2D eigenvalue weighted by Crippen LogP contribution is -2.49. The largest absolute Gasteiger partial charge is 0.324 e. The smallest absolute Gasteiger partial charge is 0.321 e. The molecule has 1 N–H and O–H groups in total. The van der Waals surface area contributed by atoms with Gasteiger partial charge in [-0.25, -0.2) is 4.79 Å². The maximum atomic E-state index is 13.1. The molecule has 4 rings (SSSR count). The molecule has 1 aliphatic rings. The summed E-state index contributed by atoms with van der Waals surface area (Å²) in [6.45, 7) is 5.45. The van der Waals surface area contributed by atoms with Gasteiger partial charge in [0, 0.05) is 36.4 Å². The molecule has 0 spiro atoms. The van der Waals surface area contributed by atoms with E-state index in [1.807, 2.05) is 30.0 Å². The number of aryl methyl sites for hydroxylation is 1. The number of amides is 3. The van der Waals surface area contributed by atoms with Crippen molar-refractivity contribution in [2.75, 3.05) is 23.3 Å². The van der Waals surface area contributed by atoms with Crippen LogP contribution in [0.15, 0.2) is 72.8 Å². The maximum absolute atomic E-state index is 13.1. The van der Waals surface area contributed by atoms with Crippen LogP contribution >= 0.6 is 0 Å². The van der Waals surface area contributed by atoms with E-state index in [1.165, 1.54) is 12.5 Å². The first kappa shape index (κ1) is 22.3. The third-order valence-corrected chi connectivity index (χ3v) is 5.76. The fourth-order valence-corrected chi connectivity index (χ4v) is 4.09. The number of urea groups is 1. The van der Waals surface area contributed by atoms with E-state index in [0.29, 0.717) is 29.9 Å². The van der Waals surface area contributed by atoms with Crippen LogP contribution in [0.4, 0.5) is 16.2 Å². The predicted octanol–water partition coefficient (Wildman–Crippen LogP) is 5.28. The normalized spacial score (nSPS) is 13.7. The summed E-state index contributed by atoms with van der Waals surface area (Å²) in [7, 11) is 0. The van der Waals surface area contributed by atoms with Crippen molar-refractivity contribution in [3.63, 3.8) is 0 Å². The zero-order valence-corrected chi connectivity index (χ0v) is 18.9. The van der Waals surface area contributed by atoms with Crippen LogP contribution in [0, 0.1) is 6.92 Å². The number of nitrogens with zero attached hydrogens (tertiary/aromatic N) is 2. The lowest BCUT2D eigenvalue weighted by Gasteiger charge is -2.35. The zero-order valence-electron chi connectivity index (χ0n) is 18.9. The van der Waals surface area contributed by atoms with Crippen LogP contribution in [-0.4, -0.2) is 35.7 Å². The Morgan fingerprint density at radius 2 is 1.70 bits per heavy atom.